The first-order chi connectivity index (χ1) is 13.3. The minimum Gasteiger partial charge on any atom is -0.497 e. The third kappa shape index (κ3) is 8.85. The van der Waals surface area contributed by atoms with Gasteiger partial charge < -0.3 is 14.2 Å². The molecule has 0 aliphatic rings. The van der Waals surface area contributed by atoms with Crippen LogP contribution in [0.4, 0.5) is 4.39 Å². The first kappa shape index (κ1) is 26.1. The summed E-state index contributed by atoms with van der Waals surface area (Å²) in [7, 11) is 6.52. The fraction of sp³-hybridized carbons (Fsp3) is 0.500. The van der Waals surface area contributed by atoms with Crippen LogP contribution in [-0.4, -0.2) is 28.4 Å². The Morgan fingerprint density at radius 2 is 1.46 bits per heavy atom. The van der Waals surface area contributed by atoms with Crippen LogP contribution in [0, 0.1) is 11.2 Å². The van der Waals surface area contributed by atoms with E-state index in [-0.39, 0.29) is 11.2 Å². The van der Waals surface area contributed by atoms with Crippen molar-refractivity contribution in [3.8, 4) is 16.9 Å². The second-order valence-electron chi connectivity index (χ2n) is 7.42. The number of hydrogen-bond acceptors (Lipinski definition) is 3. The molecular formula is C24H37FO3. The van der Waals surface area contributed by atoms with Crippen LogP contribution in [0.5, 0.6) is 5.75 Å². The normalized spacial score (nSPS) is 10.4. The van der Waals surface area contributed by atoms with E-state index in [1.54, 1.807) is 40.6 Å². The topological polar surface area (TPSA) is 27.7 Å². The Bertz CT molecular complexity index is 691. The van der Waals surface area contributed by atoms with Gasteiger partial charge >= 0.3 is 0 Å². The van der Waals surface area contributed by atoms with Crippen LogP contribution in [0.25, 0.3) is 11.1 Å². The summed E-state index contributed by atoms with van der Waals surface area (Å²) in [6, 6.07) is 10.9. The molecule has 0 N–H and O–H groups in total. The Hall–Kier alpha value is -1.91. The van der Waals surface area contributed by atoms with Gasteiger partial charge in [0.1, 0.15) is 11.6 Å². The molecule has 0 aliphatic heterocycles. The minimum atomic E-state index is -0.236. The molecule has 28 heavy (non-hydrogen) atoms. The molecule has 0 amide bonds. The van der Waals surface area contributed by atoms with E-state index in [0.29, 0.717) is 17.9 Å². The van der Waals surface area contributed by atoms with Crippen LogP contribution in [-0.2, 0) is 22.5 Å². The fourth-order valence-electron chi connectivity index (χ4n) is 2.72. The molecule has 158 valence electrons. The van der Waals surface area contributed by atoms with Gasteiger partial charge in [0.05, 0.1) is 13.7 Å². The van der Waals surface area contributed by atoms with E-state index in [1.807, 2.05) is 26.0 Å². The third-order valence-corrected chi connectivity index (χ3v) is 3.67. The summed E-state index contributed by atoms with van der Waals surface area (Å²) in [6.07, 6.45) is 0.858. The molecule has 2 rings (SSSR count). The summed E-state index contributed by atoms with van der Waals surface area (Å²) in [5.74, 6) is 0.421. The quantitative estimate of drug-likeness (QED) is 0.579. The minimum absolute atomic E-state index is 0.107. The molecule has 0 heterocycles. The molecule has 0 saturated carbocycles. The Morgan fingerprint density at radius 1 is 0.857 bits per heavy atom. The Balaban J connectivity index is 0.00000133. The molecule has 2 aromatic rings. The summed E-state index contributed by atoms with van der Waals surface area (Å²) in [5, 5.41) is 0. The van der Waals surface area contributed by atoms with Crippen molar-refractivity contribution in [3.63, 3.8) is 0 Å². The highest BCUT2D eigenvalue weighted by molar-refractivity contribution is 5.70. The van der Waals surface area contributed by atoms with Gasteiger partial charge in [-0.15, -0.1) is 0 Å². The molecular weight excluding hydrogens is 355 g/mol. The monoisotopic (exact) mass is 392 g/mol. The maximum atomic E-state index is 14.4. The van der Waals surface area contributed by atoms with Crippen LogP contribution < -0.4 is 4.74 Å². The number of methoxy groups -OCH3 is 3. The van der Waals surface area contributed by atoms with Crippen molar-refractivity contribution in [1.29, 1.82) is 0 Å². The maximum Gasteiger partial charge on any atom is 0.131 e. The Kier molecular flexibility index (Phi) is 12.4. The molecule has 0 saturated heterocycles. The average molecular weight is 393 g/mol. The number of benzene rings is 2. The lowest BCUT2D eigenvalue weighted by Crippen LogP contribution is -2.11. The third-order valence-electron chi connectivity index (χ3n) is 3.67. The number of rotatable bonds is 5. The van der Waals surface area contributed by atoms with E-state index < -0.39 is 0 Å². The highest BCUT2D eigenvalue weighted by Gasteiger charge is 2.17. The molecule has 0 unspecified atom stereocenters. The van der Waals surface area contributed by atoms with Gasteiger partial charge in [0, 0.05) is 26.9 Å². The average Bonchev–Trinajstić information content (AvgIpc) is 2.64. The van der Waals surface area contributed by atoms with Crippen LogP contribution in [0.1, 0.15) is 45.7 Å². The number of hydrogen-bond donors (Lipinski definition) is 0. The van der Waals surface area contributed by atoms with Crippen molar-refractivity contribution in [2.24, 2.45) is 5.41 Å². The molecule has 0 fully saturated rings. The van der Waals surface area contributed by atoms with Gasteiger partial charge in [-0.3, -0.25) is 0 Å². The summed E-state index contributed by atoms with van der Waals surface area (Å²) < 4.78 is 29.1. The largest absolute Gasteiger partial charge is 0.497 e. The van der Waals surface area contributed by atoms with Crippen molar-refractivity contribution in [3.05, 3.63) is 53.3 Å². The fourth-order valence-corrected chi connectivity index (χ4v) is 2.72. The van der Waals surface area contributed by atoms with Gasteiger partial charge in [-0.05, 0) is 46.7 Å². The van der Waals surface area contributed by atoms with E-state index in [4.69, 9.17) is 9.47 Å². The van der Waals surface area contributed by atoms with Crippen molar-refractivity contribution >= 4 is 0 Å². The maximum absolute atomic E-state index is 14.4. The van der Waals surface area contributed by atoms with Crippen molar-refractivity contribution in [2.45, 2.75) is 47.6 Å². The van der Waals surface area contributed by atoms with E-state index in [1.165, 1.54) is 6.07 Å². The van der Waals surface area contributed by atoms with Crippen LogP contribution in [0.3, 0.4) is 0 Å². The van der Waals surface area contributed by atoms with Crippen LogP contribution in [0.15, 0.2) is 36.4 Å². The zero-order chi connectivity index (χ0) is 21.7. The molecule has 0 spiro atoms. The second-order valence-corrected chi connectivity index (χ2v) is 7.42. The van der Waals surface area contributed by atoms with Crippen molar-refractivity contribution in [1.82, 2.24) is 0 Å². The standard InChI is InChI=1S/C20H25FO2.C2H6O.C2H6/c1-20(2,3)12-15-10-14(13-22-4)6-8-17(15)18-11-16(23-5)7-9-19(18)21;1-3-2;1-2/h6-11H,12-13H2,1-5H3;1-2H3;1-2H3. The molecule has 3 nitrogen and oxygen atoms in total. The highest BCUT2D eigenvalue weighted by Crippen LogP contribution is 2.34. The molecule has 0 radical (unpaired) electrons. The molecule has 0 aromatic heterocycles. The lowest BCUT2D eigenvalue weighted by molar-refractivity contribution is 0.185. The highest BCUT2D eigenvalue weighted by atomic mass is 19.1. The first-order valence-electron chi connectivity index (χ1n) is 9.60. The predicted octanol–water partition coefficient (Wildman–Crippen LogP) is 6.53. The second kappa shape index (κ2) is 13.3. The van der Waals surface area contributed by atoms with Gasteiger partial charge in [-0.2, -0.15) is 0 Å². The van der Waals surface area contributed by atoms with Gasteiger partial charge in [0.25, 0.3) is 0 Å². The predicted molar refractivity (Wildman–Crippen MR) is 117 cm³/mol. The van der Waals surface area contributed by atoms with E-state index in [2.05, 4.69) is 31.6 Å². The van der Waals surface area contributed by atoms with Crippen LogP contribution in [0.2, 0.25) is 0 Å². The zero-order valence-corrected chi connectivity index (χ0v) is 19.0. The molecule has 0 bridgehead atoms. The van der Waals surface area contributed by atoms with Crippen molar-refractivity contribution in [2.75, 3.05) is 28.4 Å². The van der Waals surface area contributed by atoms with Gasteiger partial charge in [0.15, 0.2) is 0 Å². The van der Waals surface area contributed by atoms with E-state index >= 15 is 0 Å². The molecule has 0 atom stereocenters. The lowest BCUT2D eigenvalue weighted by Gasteiger charge is -2.22. The first-order valence-corrected chi connectivity index (χ1v) is 9.60. The van der Waals surface area contributed by atoms with E-state index in [0.717, 1.165) is 23.1 Å². The summed E-state index contributed by atoms with van der Waals surface area (Å²) in [6.45, 7) is 11.1. The molecule has 2 aromatic carbocycles. The summed E-state index contributed by atoms with van der Waals surface area (Å²) in [5.41, 5.74) is 3.82. The molecule has 4 heteroatoms. The summed E-state index contributed by atoms with van der Waals surface area (Å²) in [4.78, 5) is 0. The number of halogens is 1. The van der Waals surface area contributed by atoms with Gasteiger partial charge in [-0.25, -0.2) is 4.39 Å². The van der Waals surface area contributed by atoms with Crippen LogP contribution >= 0.6 is 0 Å². The zero-order valence-electron chi connectivity index (χ0n) is 19.0. The SMILES string of the molecule is CC.COC.COCc1ccc(-c2cc(OC)ccc2F)c(CC(C)(C)C)c1. The smallest absolute Gasteiger partial charge is 0.131 e. The van der Waals surface area contributed by atoms with Crippen molar-refractivity contribution < 1.29 is 18.6 Å². The molecule has 0 aliphatic carbocycles. The van der Waals surface area contributed by atoms with E-state index in [9.17, 15) is 4.39 Å². The number of ether oxygens (including phenoxy) is 3. The van der Waals surface area contributed by atoms with Gasteiger partial charge in [0.2, 0.25) is 0 Å². The Morgan fingerprint density at radius 3 is 1.96 bits per heavy atom. The van der Waals surface area contributed by atoms with Gasteiger partial charge in [-0.1, -0.05) is 52.8 Å². The lowest BCUT2D eigenvalue weighted by atomic mass is 9.84. The summed E-state index contributed by atoms with van der Waals surface area (Å²) >= 11 is 0. The Labute approximate surface area is 170 Å².